The van der Waals surface area contributed by atoms with E-state index in [0.29, 0.717) is 17.8 Å². The molecule has 5 N–H and O–H groups in total. The number of aryl methyl sites for hydroxylation is 1. The number of nitrogens with one attached hydrogen (secondary N) is 3. The van der Waals surface area contributed by atoms with Crippen LogP contribution in [0.5, 0.6) is 0 Å². The Balaban J connectivity index is 1.59. The zero-order valence-electron chi connectivity index (χ0n) is 20.7. The molecule has 2 atom stereocenters. The van der Waals surface area contributed by atoms with Crippen LogP contribution in [0.1, 0.15) is 23.6 Å². The van der Waals surface area contributed by atoms with Crippen molar-refractivity contribution in [2.24, 2.45) is 5.73 Å². The number of hydrogen-bond acceptors (Lipinski definition) is 5. The molecule has 0 aliphatic heterocycles. The highest BCUT2D eigenvalue weighted by molar-refractivity contribution is 5.91. The van der Waals surface area contributed by atoms with E-state index in [2.05, 4.69) is 28.9 Å². The van der Waals surface area contributed by atoms with Gasteiger partial charge < -0.3 is 26.4 Å². The van der Waals surface area contributed by atoms with E-state index in [4.69, 9.17) is 10.5 Å². The fourth-order valence-corrected chi connectivity index (χ4v) is 3.79. The normalized spacial score (nSPS) is 12.4. The largest absolute Gasteiger partial charge is 0.458 e. The number of esters is 1. The number of anilines is 1. The summed E-state index contributed by atoms with van der Waals surface area (Å²) in [5.41, 5.74) is 9.51. The molecule has 3 rings (SSSR count). The minimum atomic E-state index is -0.813. The zero-order chi connectivity index (χ0) is 26.6. The van der Waals surface area contributed by atoms with Gasteiger partial charge in [-0.2, -0.15) is 0 Å². The van der Waals surface area contributed by atoms with Crippen molar-refractivity contribution in [1.82, 2.24) is 10.6 Å². The van der Waals surface area contributed by atoms with Crippen LogP contribution in [0.2, 0.25) is 0 Å². The first-order chi connectivity index (χ1) is 17.8. The number of amides is 2. The first-order valence-electron chi connectivity index (χ1n) is 12.1. The van der Waals surface area contributed by atoms with Gasteiger partial charge in [-0.05, 0) is 53.8 Å². The Bertz CT molecular complexity index is 1160. The first kappa shape index (κ1) is 27.8. The van der Waals surface area contributed by atoms with Crippen LogP contribution in [-0.2, 0) is 28.9 Å². The smallest absolute Gasteiger partial charge is 0.325 e. The molecular weight excluding hydrogens is 478 g/mol. The molecule has 7 nitrogen and oxygen atoms in total. The lowest BCUT2D eigenvalue weighted by atomic mass is 10.0. The highest BCUT2D eigenvalue weighted by Crippen LogP contribution is 2.13. The molecule has 196 valence electrons. The quantitative estimate of drug-likeness (QED) is 0.277. The number of rotatable bonds is 12. The molecule has 0 fully saturated rings. The average Bonchev–Trinajstić information content (AvgIpc) is 2.87. The van der Waals surface area contributed by atoms with E-state index in [0.717, 1.165) is 18.1 Å². The molecule has 0 aliphatic carbocycles. The molecule has 2 amide bonds. The second kappa shape index (κ2) is 14.1. The number of urea groups is 1. The SMILES string of the molecule is CCc1cccc(CNC[C@@H](OC(=O)CNC(=O)Nc2ccccc2)[C@@H](N)Cc2cc(F)cc(F)c2)c1. The van der Waals surface area contributed by atoms with Gasteiger partial charge in [-0.25, -0.2) is 13.6 Å². The van der Waals surface area contributed by atoms with Gasteiger partial charge in [0.2, 0.25) is 0 Å². The first-order valence-corrected chi connectivity index (χ1v) is 12.1. The maximum Gasteiger partial charge on any atom is 0.325 e. The Hall–Kier alpha value is -3.82. The number of benzene rings is 3. The van der Waals surface area contributed by atoms with Crippen LogP contribution in [0.25, 0.3) is 0 Å². The standard InChI is InChI=1S/C28H32F2N4O3/c1-2-19-7-6-8-20(11-19)16-32-17-26(25(31)14-21-12-22(29)15-23(30)13-21)37-27(35)18-33-28(36)34-24-9-4-3-5-10-24/h3-13,15,25-26,32H,2,14,16-18,31H2,1H3,(H2,33,34,36)/t25-,26+/m0/s1. The van der Waals surface area contributed by atoms with Crippen molar-refractivity contribution >= 4 is 17.7 Å². The van der Waals surface area contributed by atoms with Crippen LogP contribution in [-0.4, -0.2) is 37.2 Å². The minimum Gasteiger partial charge on any atom is -0.458 e. The molecule has 3 aromatic carbocycles. The fourth-order valence-electron chi connectivity index (χ4n) is 3.79. The monoisotopic (exact) mass is 510 g/mol. The molecule has 0 bridgehead atoms. The summed E-state index contributed by atoms with van der Waals surface area (Å²) in [6.07, 6.45) is 0.183. The summed E-state index contributed by atoms with van der Waals surface area (Å²) in [4.78, 5) is 24.6. The predicted octanol–water partition coefficient (Wildman–Crippen LogP) is 3.92. The molecule has 37 heavy (non-hydrogen) atoms. The van der Waals surface area contributed by atoms with Crippen LogP contribution >= 0.6 is 0 Å². The van der Waals surface area contributed by atoms with E-state index in [9.17, 15) is 18.4 Å². The van der Waals surface area contributed by atoms with Crippen LogP contribution < -0.4 is 21.7 Å². The van der Waals surface area contributed by atoms with Crippen LogP contribution in [0, 0.1) is 11.6 Å². The van der Waals surface area contributed by atoms with E-state index in [-0.39, 0.29) is 19.5 Å². The van der Waals surface area contributed by atoms with Crippen LogP contribution in [0.15, 0.2) is 72.8 Å². The summed E-state index contributed by atoms with van der Waals surface area (Å²) < 4.78 is 32.9. The lowest BCUT2D eigenvalue weighted by molar-refractivity contribution is -0.148. The Morgan fingerprint density at radius 3 is 2.32 bits per heavy atom. The summed E-state index contributed by atoms with van der Waals surface area (Å²) in [5.74, 6) is -2.11. The molecule has 0 spiro atoms. The summed E-state index contributed by atoms with van der Waals surface area (Å²) >= 11 is 0. The van der Waals surface area contributed by atoms with Gasteiger partial charge in [0, 0.05) is 30.9 Å². The maximum absolute atomic E-state index is 13.6. The Labute approximate surface area is 215 Å². The van der Waals surface area contributed by atoms with Crippen molar-refractivity contribution in [2.75, 3.05) is 18.4 Å². The summed E-state index contributed by atoms with van der Waals surface area (Å²) in [5, 5.41) is 8.30. The zero-order valence-corrected chi connectivity index (χ0v) is 20.7. The molecule has 0 radical (unpaired) electrons. The van der Waals surface area contributed by atoms with E-state index < -0.39 is 35.8 Å². The average molecular weight is 511 g/mol. The lowest BCUT2D eigenvalue weighted by Gasteiger charge is -2.25. The van der Waals surface area contributed by atoms with E-state index in [1.165, 1.54) is 17.7 Å². The predicted molar refractivity (Wildman–Crippen MR) is 139 cm³/mol. The third kappa shape index (κ3) is 9.63. The Kier molecular flexibility index (Phi) is 10.5. The fraction of sp³-hybridized carbons (Fsp3) is 0.286. The van der Waals surface area contributed by atoms with E-state index in [1.807, 2.05) is 24.3 Å². The van der Waals surface area contributed by atoms with Gasteiger partial charge in [-0.3, -0.25) is 4.79 Å². The molecule has 0 aliphatic rings. The topological polar surface area (TPSA) is 105 Å². The van der Waals surface area contributed by atoms with Crippen molar-refractivity contribution in [3.63, 3.8) is 0 Å². The molecule has 3 aromatic rings. The third-order valence-electron chi connectivity index (χ3n) is 5.65. The van der Waals surface area contributed by atoms with E-state index >= 15 is 0 Å². The van der Waals surface area contributed by atoms with E-state index in [1.54, 1.807) is 24.3 Å². The number of para-hydroxylation sites is 1. The molecule has 0 saturated heterocycles. The number of ether oxygens (including phenoxy) is 1. The second-order valence-corrected chi connectivity index (χ2v) is 8.65. The number of carbonyl (C=O) groups is 2. The van der Waals surface area contributed by atoms with Crippen molar-refractivity contribution in [3.05, 3.63) is 101 Å². The highest BCUT2D eigenvalue weighted by Gasteiger charge is 2.23. The maximum atomic E-state index is 13.6. The van der Waals surface area contributed by atoms with Gasteiger partial charge in [-0.15, -0.1) is 0 Å². The van der Waals surface area contributed by atoms with Gasteiger partial charge in [-0.1, -0.05) is 49.4 Å². The van der Waals surface area contributed by atoms with Gasteiger partial charge >= 0.3 is 12.0 Å². The minimum absolute atomic E-state index is 0.0849. The Morgan fingerprint density at radius 2 is 1.62 bits per heavy atom. The van der Waals surface area contributed by atoms with Crippen LogP contribution in [0.4, 0.5) is 19.3 Å². The summed E-state index contributed by atoms with van der Waals surface area (Å²) in [6.45, 7) is 2.41. The van der Waals surface area contributed by atoms with Gasteiger partial charge in [0.05, 0.1) is 0 Å². The third-order valence-corrected chi connectivity index (χ3v) is 5.65. The number of halogens is 2. The number of nitrogens with two attached hydrogens (primary N) is 1. The van der Waals surface area contributed by atoms with Gasteiger partial charge in [0.25, 0.3) is 0 Å². The summed E-state index contributed by atoms with van der Waals surface area (Å²) in [7, 11) is 0. The van der Waals surface area contributed by atoms with Crippen molar-refractivity contribution in [2.45, 2.75) is 38.5 Å². The van der Waals surface area contributed by atoms with Crippen molar-refractivity contribution < 1.29 is 23.1 Å². The second-order valence-electron chi connectivity index (χ2n) is 8.65. The molecule has 9 heteroatoms. The molecule has 0 heterocycles. The highest BCUT2D eigenvalue weighted by atomic mass is 19.1. The molecular formula is C28H32F2N4O3. The van der Waals surface area contributed by atoms with Crippen molar-refractivity contribution in [3.8, 4) is 0 Å². The van der Waals surface area contributed by atoms with Crippen molar-refractivity contribution in [1.29, 1.82) is 0 Å². The lowest BCUT2D eigenvalue weighted by Crippen LogP contribution is -2.47. The number of hydrogen-bond donors (Lipinski definition) is 4. The molecule has 0 saturated carbocycles. The van der Waals surface area contributed by atoms with Gasteiger partial charge in [0.1, 0.15) is 24.3 Å². The Morgan fingerprint density at radius 1 is 0.919 bits per heavy atom. The molecule has 0 unspecified atom stereocenters. The van der Waals surface area contributed by atoms with Gasteiger partial charge in [0.15, 0.2) is 0 Å². The summed E-state index contributed by atoms with van der Waals surface area (Å²) in [6, 6.07) is 18.7. The number of carbonyl (C=O) groups excluding carboxylic acids is 2. The molecule has 0 aromatic heterocycles. The van der Waals surface area contributed by atoms with Crippen LogP contribution in [0.3, 0.4) is 0 Å².